The van der Waals surface area contributed by atoms with Crippen LogP contribution in [0.3, 0.4) is 0 Å². The molecule has 0 saturated carbocycles. The predicted molar refractivity (Wildman–Crippen MR) is 65.7 cm³/mol. The first-order valence-corrected chi connectivity index (χ1v) is 5.55. The van der Waals surface area contributed by atoms with Crippen molar-refractivity contribution in [2.45, 2.75) is 32.7 Å². The van der Waals surface area contributed by atoms with Crippen molar-refractivity contribution < 1.29 is 5.11 Å². The second-order valence-electron chi connectivity index (χ2n) is 3.86. The molecule has 5 heteroatoms. The van der Waals surface area contributed by atoms with E-state index >= 15 is 0 Å². The average Bonchev–Trinajstić information content (AvgIpc) is 2.29. The summed E-state index contributed by atoms with van der Waals surface area (Å²) in [6.07, 6.45) is 3.27. The summed E-state index contributed by atoms with van der Waals surface area (Å²) >= 11 is 0. The molecule has 0 spiro atoms. The molecule has 90 valence electrons. The normalized spacial score (nSPS) is 12.2. The Bertz CT molecular complexity index is 330. The van der Waals surface area contributed by atoms with Crippen molar-refractivity contribution >= 4 is 11.6 Å². The Hall–Kier alpha value is -1.36. The number of aliphatic hydroxyl groups excluding tert-OH is 1. The lowest BCUT2D eigenvalue weighted by molar-refractivity contribution is 0.282. The lowest BCUT2D eigenvalue weighted by atomic mass is 10.2. The van der Waals surface area contributed by atoms with Gasteiger partial charge in [0.2, 0.25) is 0 Å². The van der Waals surface area contributed by atoms with Crippen LogP contribution in [0.5, 0.6) is 0 Å². The standard InChI is InChI=1S/C11H20N4O/c1-8(5-4-6-16)15-11-9(2)10(12-3)13-7-14-11/h7-8,16H,4-6H2,1-3H3,(H2,12,13,14,15). The molecule has 0 aliphatic rings. The van der Waals surface area contributed by atoms with E-state index in [1.165, 1.54) is 0 Å². The average molecular weight is 224 g/mol. The number of nitrogens with zero attached hydrogens (tertiary/aromatic N) is 2. The van der Waals surface area contributed by atoms with Crippen LogP contribution in [0.2, 0.25) is 0 Å². The highest BCUT2D eigenvalue weighted by Crippen LogP contribution is 2.18. The minimum absolute atomic E-state index is 0.233. The smallest absolute Gasteiger partial charge is 0.134 e. The summed E-state index contributed by atoms with van der Waals surface area (Å²) in [5.41, 5.74) is 1.01. The van der Waals surface area contributed by atoms with E-state index in [0.717, 1.165) is 30.0 Å². The Labute approximate surface area is 96.3 Å². The van der Waals surface area contributed by atoms with E-state index in [-0.39, 0.29) is 6.61 Å². The molecule has 1 aromatic rings. The highest BCUT2D eigenvalue weighted by molar-refractivity contribution is 5.56. The molecule has 0 fully saturated rings. The molecular formula is C11H20N4O. The monoisotopic (exact) mass is 224 g/mol. The van der Waals surface area contributed by atoms with Crippen LogP contribution in [0.25, 0.3) is 0 Å². The van der Waals surface area contributed by atoms with Crippen molar-refractivity contribution in [1.82, 2.24) is 9.97 Å². The maximum atomic E-state index is 8.75. The van der Waals surface area contributed by atoms with Crippen LogP contribution in [-0.4, -0.2) is 34.8 Å². The maximum absolute atomic E-state index is 8.75. The fourth-order valence-corrected chi connectivity index (χ4v) is 1.55. The van der Waals surface area contributed by atoms with Gasteiger partial charge in [-0.2, -0.15) is 0 Å². The molecule has 3 N–H and O–H groups in total. The Balaban J connectivity index is 2.66. The van der Waals surface area contributed by atoms with Gasteiger partial charge in [-0.1, -0.05) is 0 Å². The molecule has 1 aromatic heterocycles. The number of aliphatic hydroxyl groups is 1. The molecule has 0 aromatic carbocycles. The van der Waals surface area contributed by atoms with E-state index < -0.39 is 0 Å². The first-order valence-electron chi connectivity index (χ1n) is 5.55. The first kappa shape index (κ1) is 12.7. The second-order valence-corrected chi connectivity index (χ2v) is 3.86. The zero-order chi connectivity index (χ0) is 12.0. The van der Waals surface area contributed by atoms with Gasteiger partial charge in [-0.25, -0.2) is 9.97 Å². The number of nitrogens with one attached hydrogen (secondary N) is 2. The second kappa shape index (κ2) is 6.27. The summed E-state index contributed by atoms with van der Waals surface area (Å²) < 4.78 is 0. The van der Waals surface area contributed by atoms with Crippen molar-refractivity contribution in [3.8, 4) is 0 Å². The van der Waals surface area contributed by atoms with Gasteiger partial charge < -0.3 is 15.7 Å². The fraction of sp³-hybridized carbons (Fsp3) is 0.636. The molecular weight excluding hydrogens is 204 g/mol. The van der Waals surface area contributed by atoms with Crippen LogP contribution < -0.4 is 10.6 Å². The van der Waals surface area contributed by atoms with E-state index in [1.54, 1.807) is 6.33 Å². The number of anilines is 2. The third-order valence-electron chi connectivity index (χ3n) is 2.50. The lowest BCUT2D eigenvalue weighted by Gasteiger charge is -2.16. The van der Waals surface area contributed by atoms with Gasteiger partial charge in [0.05, 0.1) is 0 Å². The van der Waals surface area contributed by atoms with Crippen molar-refractivity contribution in [3.63, 3.8) is 0 Å². The molecule has 0 amide bonds. The van der Waals surface area contributed by atoms with Crippen LogP contribution >= 0.6 is 0 Å². The van der Waals surface area contributed by atoms with Gasteiger partial charge in [-0.05, 0) is 26.7 Å². The summed E-state index contributed by atoms with van der Waals surface area (Å²) in [5, 5.41) is 15.1. The SMILES string of the molecule is CNc1ncnc(NC(C)CCCO)c1C. The third kappa shape index (κ3) is 3.34. The van der Waals surface area contributed by atoms with Crippen LogP contribution in [0.1, 0.15) is 25.3 Å². The number of aromatic nitrogens is 2. The van der Waals surface area contributed by atoms with E-state index in [1.807, 2.05) is 14.0 Å². The summed E-state index contributed by atoms with van der Waals surface area (Å²) in [5.74, 6) is 1.69. The summed E-state index contributed by atoms with van der Waals surface area (Å²) in [6, 6.07) is 0.297. The van der Waals surface area contributed by atoms with Gasteiger partial charge in [0.1, 0.15) is 18.0 Å². The molecule has 0 aliphatic carbocycles. The molecule has 0 radical (unpaired) electrons. The molecule has 0 bridgehead atoms. The Kier molecular flexibility index (Phi) is 4.98. The summed E-state index contributed by atoms with van der Waals surface area (Å²) in [7, 11) is 1.84. The quantitative estimate of drug-likeness (QED) is 0.681. The highest BCUT2D eigenvalue weighted by atomic mass is 16.2. The van der Waals surface area contributed by atoms with Crippen LogP contribution in [0.15, 0.2) is 6.33 Å². The minimum Gasteiger partial charge on any atom is -0.396 e. The van der Waals surface area contributed by atoms with Gasteiger partial charge in [-0.15, -0.1) is 0 Å². The number of hydrogen-bond donors (Lipinski definition) is 3. The number of rotatable bonds is 6. The van der Waals surface area contributed by atoms with Gasteiger partial charge >= 0.3 is 0 Å². The Morgan fingerprint density at radius 2 is 2.06 bits per heavy atom. The zero-order valence-corrected chi connectivity index (χ0v) is 10.1. The first-order chi connectivity index (χ1) is 7.69. The third-order valence-corrected chi connectivity index (χ3v) is 2.50. The lowest BCUT2D eigenvalue weighted by Crippen LogP contribution is -2.17. The van der Waals surface area contributed by atoms with Gasteiger partial charge in [-0.3, -0.25) is 0 Å². The van der Waals surface area contributed by atoms with E-state index in [0.29, 0.717) is 6.04 Å². The molecule has 0 aliphatic heterocycles. The molecule has 1 atom stereocenters. The molecule has 16 heavy (non-hydrogen) atoms. The highest BCUT2D eigenvalue weighted by Gasteiger charge is 2.08. The molecule has 1 unspecified atom stereocenters. The van der Waals surface area contributed by atoms with E-state index in [4.69, 9.17) is 5.11 Å². The zero-order valence-electron chi connectivity index (χ0n) is 10.1. The summed E-state index contributed by atoms with van der Waals surface area (Å²) in [6.45, 7) is 4.29. The fourth-order valence-electron chi connectivity index (χ4n) is 1.55. The van der Waals surface area contributed by atoms with Gasteiger partial charge in [0.15, 0.2) is 0 Å². The van der Waals surface area contributed by atoms with Crippen molar-refractivity contribution in [1.29, 1.82) is 0 Å². The van der Waals surface area contributed by atoms with Crippen molar-refractivity contribution in [2.75, 3.05) is 24.3 Å². The van der Waals surface area contributed by atoms with Crippen molar-refractivity contribution in [3.05, 3.63) is 11.9 Å². The van der Waals surface area contributed by atoms with E-state index in [9.17, 15) is 0 Å². The topological polar surface area (TPSA) is 70.1 Å². The molecule has 1 rings (SSSR count). The molecule has 5 nitrogen and oxygen atoms in total. The van der Waals surface area contributed by atoms with Crippen molar-refractivity contribution in [2.24, 2.45) is 0 Å². The molecule has 0 saturated heterocycles. The van der Waals surface area contributed by atoms with Crippen LogP contribution in [0, 0.1) is 6.92 Å². The maximum Gasteiger partial charge on any atom is 0.134 e. The summed E-state index contributed by atoms with van der Waals surface area (Å²) in [4.78, 5) is 8.33. The Morgan fingerprint density at radius 1 is 1.38 bits per heavy atom. The van der Waals surface area contributed by atoms with Crippen LogP contribution in [-0.2, 0) is 0 Å². The Morgan fingerprint density at radius 3 is 2.69 bits per heavy atom. The van der Waals surface area contributed by atoms with Crippen LogP contribution in [0.4, 0.5) is 11.6 Å². The number of hydrogen-bond acceptors (Lipinski definition) is 5. The van der Waals surface area contributed by atoms with Gasteiger partial charge in [0, 0.05) is 25.3 Å². The minimum atomic E-state index is 0.233. The molecule has 1 heterocycles. The van der Waals surface area contributed by atoms with E-state index in [2.05, 4.69) is 27.5 Å². The van der Waals surface area contributed by atoms with Gasteiger partial charge in [0.25, 0.3) is 0 Å². The largest absolute Gasteiger partial charge is 0.396 e. The predicted octanol–water partition coefficient (Wildman–Crippen LogP) is 1.40.